The van der Waals surface area contributed by atoms with Gasteiger partial charge in [0.2, 0.25) is 5.76 Å². The summed E-state index contributed by atoms with van der Waals surface area (Å²) in [4.78, 5) is 24.1. The Balaban J connectivity index is 0.000000395. The molecule has 2 aromatic carbocycles. The number of esters is 2. The van der Waals surface area contributed by atoms with E-state index in [0.717, 1.165) is 56.9 Å². The Morgan fingerprint density at radius 3 is 1.82 bits per heavy atom. The second-order valence-electron chi connectivity index (χ2n) is 9.50. The Morgan fingerprint density at radius 2 is 1.31 bits per heavy atom. The van der Waals surface area contributed by atoms with Crippen molar-refractivity contribution < 1.29 is 28.9 Å². The van der Waals surface area contributed by atoms with Crippen LogP contribution in [0.1, 0.15) is 108 Å². The van der Waals surface area contributed by atoms with Gasteiger partial charge in [0.15, 0.2) is 0 Å². The summed E-state index contributed by atoms with van der Waals surface area (Å²) in [5.41, 5.74) is 1.16. The van der Waals surface area contributed by atoms with E-state index in [1.807, 2.05) is 44.2 Å². The Kier molecular flexibility index (Phi) is 17.9. The largest absolute Gasteiger partial charge is 0.507 e. The topological polar surface area (TPSA) is 82.1 Å². The quantitative estimate of drug-likeness (QED) is 0.0995. The zero-order chi connectivity index (χ0) is 28.9. The van der Waals surface area contributed by atoms with Gasteiger partial charge in [-0.15, -0.1) is 0 Å². The van der Waals surface area contributed by atoms with Crippen molar-refractivity contribution in [3.05, 3.63) is 71.5 Å². The van der Waals surface area contributed by atoms with Crippen LogP contribution in [0.4, 0.5) is 0 Å². The summed E-state index contributed by atoms with van der Waals surface area (Å²) in [5.74, 6) is -0.595. The molecule has 2 rings (SSSR count). The zero-order valence-electron chi connectivity index (χ0n) is 24.5. The number of carbonyl (C=O) groups excluding carboxylic acids is 2. The highest BCUT2D eigenvalue weighted by atomic mass is 16.6. The number of hydrogen-bond donors (Lipinski definition) is 1. The molecule has 0 amide bonds. The van der Waals surface area contributed by atoms with E-state index in [2.05, 4.69) is 13.8 Å². The number of benzene rings is 2. The number of rotatable bonds is 16. The van der Waals surface area contributed by atoms with Crippen LogP contribution >= 0.6 is 0 Å². The molecule has 0 aromatic heterocycles. The van der Waals surface area contributed by atoms with Crippen LogP contribution in [0.15, 0.2) is 60.4 Å². The monoisotopic (exact) mass is 540 g/mol. The lowest BCUT2D eigenvalue weighted by molar-refractivity contribution is -0.148. The first kappa shape index (κ1) is 33.7. The normalized spacial score (nSPS) is 12.5. The maximum absolute atomic E-state index is 12.2. The SMILES string of the molecule is CCCCCC(CC)OC(=O)C(=Cc1ccccc1)OC.CCCCCC(CC)OC(=O)c1ccccc1O. The average Bonchev–Trinajstić information content (AvgIpc) is 2.96. The van der Waals surface area contributed by atoms with E-state index in [1.54, 1.807) is 24.3 Å². The predicted molar refractivity (Wildman–Crippen MR) is 157 cm³/mol. The summed E-state index contributed by atoms with van der Waals surface area (Å²) in [6.45, 7) is 8.36. The highest BCUT2D eigenvalue weighted by Gasteiger charge is 2.18. The van der Waals surface area contributed by atoms with E-state index in [1.165, 1.54) is 26.0 Å². The molecule has 0 saturated carbocycles. The third-order valence-electron chi connectivity index (χ3n) is 6.36. The van der Waals surface area contributed by atoms with Gasteiger partial charge in [-0.1, -0.05) is 95.8 Å². The minimum absolute atomic E-state index is 0.0223. The van der Waals surface area contributed by atoms with Crippen LogP contribution in [0, 0.1) is 0 Å². The van der Waals surface area contributed by atoms with E-state index in [0.29, 0.717) is 0 Å². The number of carbonyl (C=O) groups is 2. The van der Waals surface area contributed by atoms with Crippen molar-refractivity contribution >= 4 is 18.0 Å². The molecule has 0 bridgehead atoms. The molecular weight excluding hydrogens is 492 g/mol. The Bertz CT molecular complexity index is 969. The molecule has 0 aliphatic rings. The molecule has 6 nitrogen and oxygen atoms in total. The fourth-order valence-corrected chi connectivity index (χ4v) is 3.91. The van der Waals surface area contributed by atoms with Gasteiger partial charge in [0.25, 0.3) is 0 Å². The Labute approximate surface area is 235 Å². The number of phenolic OH excluding ortho intramolecular Hbond substituents is 1. The van der Waals surface area contributed by atoms with Crippen molar-refractivity contribution in [2.24, 2.45) is 0 Å². The van der Waals surface area contributed by atoms with E-state index in [9.17, 15) is 14.7 Å². The molecule has 2 unspecified atom stereocenters. The number of methoxy groups -OCH3 is 1. The molecule has 0 fully saturated rings. The fraction of sp³-hybridized carbons (Fsp3) is 0.515. The standard InChI is InChI=1S/C18H26O3.C15H22O3/c1-4-6-8-13-16(5-2)21-18(19)17(20-3)14-15-11-9-7-10-12-15;1-3-5-6-9-12(4-2)18-15(17)13-10-7-8-11-14(13)16/h7,9-12,14,16H,4-6,8,13H2,1-3H3;7-8,10-12,16H,3-6,9H2,1-2H3. The number of unbranched alkanes of at least 4 members (excludes halogenated alkanes) is 4. The van der Waals surface area contributed by atoms with Gasteiger partial charge in [0, 0.05) is 0 Å². The predicted octanol–water partition coefficient (Wildman–Crippen LogP) is 8.48. The third kappa shape index (κ3) is 13.9. The van der Waals surface area contributed by atoms with Gasteiger partial charge in [0.1, 0.15) is 23.5 Å². The van der Waals surface area contributed by atoms with E-state index in [-0.39, 0.29) is 35.2 Å². The van der Waals surface area contributed by atoms with Crippen LogP contribution in [-0.2, 0) is 19.0 Å². The van der Waals surface area contributed by atoms with Crippen molar-refractivity contribution in [1.82, 2.24) is 0 Å². The van der Waals surface area contributed by atoms with E-state index < -0.39 is 5.97 Å². The molecule has 2 atom stereocenters. The van der Waals surface area contributed by atoms with Crippen molar-refractivity contribution in [2.75, 3.05) is 7.11 Å². The van der Waals surface area contributed by atoms with Crippen molar-refractivity contribution in [1.29, 1.82) is 0 Å². The van der Waals surface area contributed by atoms with Crippen LogP contribution in [0.5, 0.6) is 5.75 Å². The Morgan fingerprint density at radius 1 is 0.769 bits per heavy atom. The smallest absolute Gasteiger partial charge is 0.373 e. The van der Waals surface area contributed by atoms with Gasteiger partial charge in [0.05, 0.1) is 7.11 Å². The van der Waals surface area contributed by atoms with Gasteiger partial charge in [-0.05, 0) is 62.3 Å². The molecule has 6 heteroatoms. The molecule has 0 saturated heterocycles. The van der Waals surface area contributed by atoms with Gasteiger partial charge in [-0.2, -0.15) is 0 Å². The summed E-state index contributed by atoms with van der Waals surface area (Å²) in [6, 6.07) is 16.1. The molecule has 0 spiro atoms. The van der Waals surface area contributed by atoms with Crippen LogP contribution in [0.25, 0.3) is 6.08 Å². The van der Waals surface area contributed by atoms with E-state index in [4.69, 9.17) is 14.2 Å². The van der Waals surface area contributed by atoms with Crippen LogP contribution in [-0.4, -0.2) is 36.4 Å². The van der Waals surface area contributed by atoms with Crippen LogP contribution in [0.2, 0.25) is 0 Å². The number of para-hydroxylation sites is 1. The first-order valence-corrected chi connectivity index (χ1v) is 14.4. The van der Waals surface area contributed by atoms with Gasteiger partial charge >= 0.3 is 11.9 Å². The molecule has 0 heterocycles. The summed E-state index contributed by atoms with van der Waals surface area (Å²) in [7, 11) is 1.49. The first-order chi connectivity index (χ1) is 18.9. The first-order valence-electron chi connectivity index (χ1n) is 14.4. The molecule has 0 radical (unpaired) electrons. The average molecular weight is 541 g/mol. The molecule has 39 heavy (non-hydrogen) atoms. The molecule has 2 aromatic rings. The summed E-state index contributed by atoms with van der Waals surface area (Å²) >= 11 is 0. The van der Waals surface area contributed by atoms with E-state index >= 15 is 0 Å². The molecule has 216 valence electrons. The highest BCUT2D eigenvalue weighted by Crippen LogP contribution is 2.19. The maximum atomic E-state index is 12.2. The molecule has 1 N–H and O–H groups in total. The maximum Gasteiger partial charge on any atom is 0.373 e. The second kappa shape index (κ2) is 20.7. The minimum atomic E-state index is -0.434. The van der Waals surface area contributed by atoms with Crippen LogP contribution < -0.4 is 0 Å². The number of phenols is 1. The summed E-state index contributed by atoms with van der Waals surface area (Å²) in [5, 5.41) is 9.58. The lowest BCUT2D eigenvalue weighted by atomic mass is 10.1. The van der Waals surface area contributed by atoms with Gasteiger partial charge in [-0.25, -0.2) is 9.59 Å². The lowest BCUT2D eigenvalue weighted by Crippen LogP contribution is -2.19. The summed E-state index contributed by atoms with van der Waals surface area (Å²) < 4.78 is 16.1. The second-order valence-corrected chi connectivity index (χ2v) is 9.50. The summed E-state index contributed by atoms with van der Waals surface area (Å²) in [6.07, 6.45) is 11.9. The number of hydrogen-bond acceptors (Lipinski definition) is 6. The van der Waals surface area contributed by atoms with Gasteiger partial charge in [-0.3, -0.25) is 0 Å². The van der Waals surface area contributed by atoms with Crippen molar-refractivity contribution in [3.63, 3.8) is 0 Å². The molecule has 0 aliphatic carbocycles. The third-order valence-corrected chi connectivity index (χ3v) is 6.36. The number of aromatic hydroxyl groups is 1. The zero-order valence-corrected chi connectivity index (χ0v) is 24.5. The number of ether oxygens (including phenoxy) is 3. The highest BCUT2D eigenvalue weighted by molar-refractivity contribution is 5.92. The van der Waals surface area contributed by atoms with Crippen molar-refractivity contribution in [3.8, 4) is 5.75 Å². The molecular formula is C33H48O6. The Hall–Kier alpha value is -3.28. The van der Waals surface area contributed by atoms with Crippen molar-refractivity contribution in [2.45, 2.75) is 104 Å². The van der Waals surface area contributed by atoms with Crippen LogP contribution in [0.3, 0.4) is 0 Å². The lowest BCUT2D eigenvalue weighted by Gasteiger charge is -2.16. The minimum Gasteiger partial charge on any atom is -0.507 e. The fourth-order valence-electron chi connectivity index (χ4n) is 3.91. The molecule has 0 aliphatic heterocycles. The van der Waals surface area contributed by atoms with Gasteiger partial charge < -0.3 is 19.3 Å².